The molecule has 2 rings (SSSR count). The summed E-state index contributed by atoms with van der Waals surface area (Å²) in [6.45, 7) is 4.54. The van der Waals surface area contributed by atoms with E-state index in [0.717, 1.165) is 23.3 Å². The molecule has 0 radical (unpaired) electrons. The van der Waals surface area contributed by atoms with Crippen LogP contribution in [0.5, 0.6) is 0 Å². The summed E-state index contributed by atoms with van der Waals surface area (Å²) in [5, 5.41) is 3.15. The van der Waals surface area contributed by atoms with Crippen molar-refractivity contribution in [2.24, 2.45) is 11.7 Å². The monoisotopic (exact) mass is 460 g/mol. The number of benzene rings is 2. The van der Waals surface area contributed by atoms with Crippen LogP contribution in [0, 0.1) is 5.92 Å². The van der Waals surface area contributed by atoms with Gasteiger partial charge in [0.2, 0.25) is 5.91 Å². The van der Waals surface area contributed by atoms with Gasteiger partial charge in [-0.15, -0.1) is 0 Å². The summed E-state index contributed by atoms with van der Waals surface area (Å²) in [6.07, 6.45) is -2.95. The third kappa shape index (κ3) is 11.0. The molecular weight excluding hydrogens is 433 g/mol. The maximum Gasteiger partial charge on any atom is 0.416 e. The van der Waals surface area contributed by atoms with Gasteiger partial charge in [0.25, 0.3) is 10.1 Å². The molecule has 10 heteroatoms. The van der Waals surface area contributed by atoms with E-state index in [4.69, 9.17) is 10.3 Å². The largest absolute Gasteiger partial charge is 0.416 e. The van der Waals surface area contributed by atoms with Crippen LogP contribution >= 0.6 is 0 Å². The Morgan fingerprint density at radius 2 is 1.45 bits per heavy atom. The van der Waals surface area contributed by atoms with Crippen molar-refractivity contribution in [1.82, 2.24) is 5.32 Å². The highest BCUT2D eigenvalue weighted by Crippen LogP contribution is 2.31. The molecule has 2 aromatic carbocycles. The van der Waals surface area contributed by atoms with Crippen molar-refractivity contribution < 1.29 is 30.9 Å². The molecule has 0 saturated carbocycles. The molecule has 0 heterocycles. The van der Waals surface area contributed by atoms with Crippen molar-refractivity contribution in [3.8, 4) is 11.1 Å². The molecule has 1 unspecified atom stereocenters. The lowest BCUT2D eigenvalue weighted by Crippen LogP contribution is -2.41. The van der Waals surface area contributed by atoms with Gasteiger partial charge in [-0.1, -0.05) is 50.2 Å². The molecule has 0 aliphatic carbocycles. The van der Waals surface area contributed by atoms with Gasteiger partial charge in [0, 0.05) is 6.54 Å². The Morgan fingerprint density at radius 3 is 1.81 bits per heavy atom. The number of hydrogen-bond donors (Lipinski definition) is 3. The number of rotatable bonds is 7. The van der Waals surface area contributed by atoms with Crippen molar-refractivity contribution in [3.63, 3.8) is 0 Å². The molecule has 0 saturated heterocycles. The van der Waals surface area contributed by atoms with Crippen molar-refractivity contribution in [2.75, 3.05) is 6.26 Å². The first-order valence-electron chi connectivity index (χ1n) is 9.38. The average Bonchev–Trinajstić information content (AvgIpc) is 2.63. The molecule has 0 aromatic heterocycles. The van der Waals surface area contributed by atoms with E-state index in [0.29, 0.717) is 30.7 Å². The quantitative estimate of drug-likeness (QED) is 0.544. The van der Waals surface area contributed by atoms with E-state index in [1.54, 1.807) is 0 Å². The van der Waals surface area contributed by atoms with Crippen molar-refractivity contribution in [1.29, 1.82) is 0 Å². The van der Waals surface area contributed by atoms with E-state index in [1.807, 2.05) is 38.1 Å². The smallest absolute Gasteiger partial charge is 0.368 e. The van der Waals surface area contributed by atoms with Crippen LogP contribution in [-0.2, 0) is 27.6 Å². The number of alkyl halides is 3. The Balaban J connectivity index is 0.000000861. The second-order valence-corrected chi connectivity index (χ2v) is 8.94. The molecular formula is C21H27F3N2O4S. The SMILES string of the molecule is CC(C)CC(NCc1ccc(-c2ccc(C(F)(F)F)cc2)cc1)C(N)=O.CS(=O)(=O)O. The Labute approximate surface area is 180 Å². The first kappa shape index (κ1) is 26.6. The van der Waals surface area contributed by atoms with Gasteiger partial charge in [-0.2, -0.15) is 21.6 Å². The zero-order chi connectivity index (χ0) is 23.8. The Morgan fingerprint density at radius 1 is 1.03 bits per heavy atom. The number of carbonyl (C=O) groups excluding carboxylic acids is 1. The zero-order valence-corrected chi connectivity index (χ0v) is 18.3. The molecule has 172 valence electrons. The molecule has 2 aromatic rings. The third-order valence-electron chi connectivity index (χ3n) is 4.10. The number of primary amides is 1. The lowest BCUT2D eigenvalue weighted by molar-refractivity contribution is -0.137. The number of nitrogens with one attached hydrogen (secondary N) is 1. The predicted octanol–water partition coefficient (Wildman–Crippen LogP) is 3.87. The minimum absolute atomic E-state index is 0.349. The minimum atomic E-state index is -4.33. The van der Waals surface area contributed by atoms with Crippen LogP contribution in [0.15, 0.2) is 48.5 Å². The average molecular weight is 461 g/mol. The lowest BCUT2D eigenvalue weighted by atomic mass is 10.0. The molecule has 0 fully saturated rings. The van der Waals surface area contributed by atoms with E-state index < -0.39 is 21.9 Å². The van der Waals surface area contributed by atoms with E-state index in [2.05, 4.69) is 5.32 Å². The number of carbonyl (C=O) groups is 1. The normalized spacial score (nSPS) is 12.8. The molecule has 0 aliphatic rings. The van der Waals surface area contributed by atoms with Gasteiger partial charge in [0.1, 0.15) is 0 Å². The summed E-state index contributed by atoms with van der Waals surface area (Å²) in [4.78, 5) is 11.5. The molecule has 4 N–H and O–H groups in total. The number of nitrogens with two attached hydrogens (primary N) is 1. The number of amides is 1. The highest BCUT2D eigenvalue weighted by molar-refractivity contribution is 7.85. The van der Waals surface area contributed by atoms with Crippen molar-refractivity contribution >= 4 is 16.0 Å². The second-order valence-electron chi connectivity index (χ2n) is 7.47. The Bertz CT molecular complexity index is 934. The van der Waals surface area contributed by atoms with Crippen molar-refractivity contribution in [3.05, 3.63) is 59.7 Å². The fourth-order valence-corrected chi connectivity index (χ4v) is 2.68. The van der Waals surface area contributed by atoms with Crippen LogP contribution in [-0.4, -0.2) is 31.2 Å². The standard InChI is InChI=1S/C20H23F3N2O.CH4O3S/c1-13(2)11-18(19(24)26)25-12-14-3-5-15(6-4-14)16-7-9-17(10-8-16)20(21,22)23;1-5(2,3)4/h3-10,13,18,25H,11-12H2,1-2H3,(H2,24,26);1H3,(H,2,3,4). The van der Waals surface area contributed by atoms with Crippen LogP contribution < -0.4 is 11.1 Å². The Kier molecular flexibility index (Phi) is 9.67. The predicted molar refractivity (Wildman–Crippen MR) is 114 cm³/mol. The van der Waals surface area contributed by atoms with Crippen molar-refractivity contribution in [2.45, 2.75) is 39.0 Å². The van der Waals surface area contributed by atoms with Crippen LogP contribution in [0.2, 0.25) is 0 Å². The van der Waals surface area contributed by atoms with Gasteiger partial charge in [-0.25, -0.2) is 0 Å². The molecule has 0 bridgehead atoms. The summed E-state index contributed by atoms with van der Waals surface area (Å²) in [5.41, 5.74) is 7.26. The van der Waals surface area contributed by atoms with E-state index in [-0.39, 0.29) is 11.9 Å². The summed E-state index contributed by atoms with van der Waals surface area (Å²) >= 11 is 0. The van der Waals surface area contributed by atoms with Crippen LogP contribution in [0.3, 0.4) is 0 Å². The van der Waals surface area contributed by atoms with E-state index in [9.17, 15) is 26.4 Å². The highest BCUT2D eigenvalue weighted by Gasteiger charge is 2.29. The molecule has 0 spiro atoms. The van der Waals surface area contributed by atoms with E-state index >= 15 is 0 Å². The maximum atomic E-state index is 12.6. The second kappa shape index (κ2) is 11.3. The summed E-state index contributed by atoms with van der Waals surface area (Å²) in [7, 11) is -3.67. The van der Waals surface area contributed by atoms with Gasteiger partial charge in [-0.05, 0) is 41.2 Å². The van der Waals surface area contributed by atoms with Gasteiger partial charge in [0.15, 0.2) is 0 Å². The summed E-state index contributed by atoms with van der Waals surface area (Å²) in [5.74, 6) is -0.0258. The molecule has 0 aliphatic heterocycles. The van der Waals surface area contributed by atoms with Gasteiger partial charge < -0.3 is 11.1 Å². The topological polar surface area (TPSA) is 109 Å². The first-order valence-corrected chi connectivity index (χ1v) is 11.2. The summed E-state index contributed by atoms with van der Waals surface area (Å²) < 4.78 is 63.7. The van der Waals surface area contributed by atoms with Crippen LogP contribution in [0.25, 0.3) is 11.1 Å². The third-order valence-corrected chi connectivity index (χ3v) is 4.10. The Hall–Kier alpha value is -2.43. The molecule has 1 amide bonds. The first-order chi connectivity index (χ1) is 14.2. The molecule has 1 atom stereocenters. The minimum Gasteiger partial charge on any atom is -0.368 e. The fourth-order valence-electron chi connectivity index (χ4n) is 2.68. The van der Waals surface area contributed by atoms with Gasteiger partial charge in [0.05, 0.1) is 17.9 Å². The van der Waals surface area contributed by atoms with E-state index in [1.165, 1.54) is 12.1 Å². The zero-order valence-electron chi connectivity index (χ0n) is 17.5. The summed E-state index contributed by atoms with van der Waals surface area (Å²) in [6, 6.07) is 12.2. The van der Waals surface area contributed by atoms with Gasteiger partial charge in [-0.3, -0.25) is 9.35 Å². The van der Waals surface area contributed by atoms with Gasteiger partial charge >= 0.3 is 6.18 Å². The fraction of sp³-hybridized carbons (Fsp3) is 0.381. The number of hydrogen-bond acceptors (Lipinski definition) is 4. The van der Waals surface area contributed by atoms with Crippen LogP contribution in [0.4, 0.5) is 13.2 Å². The van der Waals surface area contributed by atoms with Crippen LogP contribution in [0.1, 0.15) is 31.4 Å². The molecule has 6 nitrogen and oxygen atoms in total. The lowest BCUT2D eigenvalue weighted by Gasteiger charge is -2.17. The molecule has 31 heavy (non-hydrogen) atoms. The number of halogens is 3. The highest BCUT2D eigenvalue weighted by atomic mass is 32.2. The maximum absolute atomic E-state index is 12.6.